The molecule has 0 aromatic heterocycles. The molecule has 2 aromatic rings. The molecule has 1 aliphatic rings. The van der Waals surface area contributed by atoms with E-state index >= 15 is 0 Å². The lowest BCUT2D eigenvalue weighted by Crippen LogP contribution is -2.44. The number of thioether (sulfide) groups is 1. The third-order valence-electron chi connectivity index (χ3n) is 3.27. The Bertz CT molecular complexity index is 632. The van der Waals surface area contributed by atoms with Crippen LogP contribution in [0, 0.1) is 0 Å². The summed E-state index contributed by atoms with van der Waals surface area (Å²) in [5.74, 6) is 0.534. The summed E-state index contributed by atoms with van der Waals surface area (Å²) in [6.45, 7) is 0. The maximum Gasteiger partial charge on any atom is 0.179 e. The zero-order valence-electron chi connectivity index (χ0n) is 10.5. The number of aliphatic hydroxyl groups is 1. The first-order valence-corrected chi connectivity index (χ1v) is 8.30. The molecule has 0 saturated carbocycles. The van der Waals surface area contributed by atoms with Crippen LogP contribution in [0.5, 0.6) is 0 Å². The number of nitrogens with zero attached hydrogens (tertiary/aromatic N) is 1. The quantitative estimate of drug-likeness (QED) is 0.808. The molecule has 1 N–H and O–H groups in total. The summed E-state index contributed by atoms with van der Waals surface area (Å²) in [6.07, 6.45) is 0. The van der Waals surface area contributed by atoms with Crippen molar-refractivity contribution in [1.29, 1.82) is 0 Å². The van der Waals surface area contributed by atoms with Crippen molar-refractivity contribution in [1.82, 2.24) is 0 Å². The molecule has 102 valence electrons. The van der Waals surface area contributed by atoms with Crippen LogP contribution in [-0.4, -0.2) is 15.2 Å². The lowest BCUT2D eigenvalue weighted by Gasteiger charge is -2.34. The highest BCUT2D eigenvalue weighted by Crippen LogP contribution is 2.42. The third kappa shape index (κ3) is 2.39. The number of anilines is 1. The van der Waals surface area contributed by atoms with Crippen LogP contribution in [0.15, 0.2) is 59.1 Å². The van der Waals surface area contributed by atoms with Crippen molar-refractivity contribution >= 4 is 49.9 Å². The summed E-state index contributed by atoms with van der Waals surface area (Å²) < 4.78 is 1.70. The summed E-state index contributed by atoms with van der Waals surface area (Å²) in [7, 11) is 0. The molecule has 5 heteroatoms. The van der Waals surface area contributed by atoms with Gasteiger partial charge in [-0.05, 0) is 24.3 Å². The van der Waals surface area contributed by atoms with E-state index in [0.717, 1.165) is 15.7 Å². The summed E-state index contributed by atoms with van der Waals surface area (Å²) in [6, 6.07) is 17.5. The van der Waals surface area contributed by atoms with Gasteiger partial charge in [0, 0.05) is 15.7 Å². The van der Waals surface area contributed by atoms with Gasteiger partial charge in [0.15, 0.2) is 5.72 Å². The predicted octanol–water partition coefficient (Wildman–Crippen LogP) is 4.13. The molecule has 0 bridgehead atoms. The SMILES string of the molecule is OC1(c2ccccc2)CSC(=S)N1c1ccc(Br)cc1. The van der Waals surface area contributed by atoms with Crippen molar-refractivity contribution in [2.24, 2.45) is 0 Å². The molecule has 2 nitrogen and oxygen atoms in total. The molecule has 1 unspecified atom stereocenters. The summed E-state index contributed by atoms with van der Waals surface area (Å²) >= 11 is 10.3. The molecule has 0 spiro atoms. The maximum atomic E-state index is 11.1. The molecule has 1 heterocycles. The zero-order chi connectivity index (χ0) is 14.2. The highest BCUT2D eigenvalue weighted by molar-refractivity contribution is 9.10. The van der Waals surface area contributed by atoms with Crippen LogP contribution in [0.1, 0.15) is 5.56 Å². The lowest BCUT2D eigenvalue weighted by atomic mass is 10.0. The minimum absolute atomic E-state index is 0.534. The van der Waals surface area contributed by atoms with Crippen LogP contribution < -0.4 is 4.90 Å². The van der Waals surface area contributed by atoms with Gasteiger partial charge in [0.25, 0.3) is 0 Å². The molecule has 3 rings (SSSR count). The Balaban J connectivity index is 2.07. The average molecular weight is 366 g/mol. The number of rotatable bonds is 2. The largest absolute Gasteiger partial charge is 0.366 e. The van der Waals surface area contributed by atoms with Crippen molar-refractivity contribution < 1.29 is 5.11 Å². The number of halogens is 1. The second-order valence-corrected chi connectivity index (χ2v) is 7.07. The molecule has 1 aliphatic heterocycles. The van der Waals surface area contributed by atoms with E-state index in [9.17, 15) is 5.11 Å². The van der Waals surface area contributed by atoms with Gasteiger partial charge < -0.3 is 5.11 Å². The second kappa shape index (κ2) is 5.48. The monoisotopic (exact) mass is 365 g/mol. The van der Waals surface area contributed by atoms with Gasteiger partial charge >= 0.3 is 0 Å². The van der Waals surface area contributed by atoms with Crippen LogP contribution in [0.25, 0.3) is 0 Å². The first-order chi connectivity index (χ1) is 9.61. The van der Waals surface area contributed by atoms with E-state index in [1.807, 2.05) is 59.5 Å². The number of hydrogen-bond acceptors (Lipinski definition) is 3. The molecular weight excluding hydrogens is 354 g/mol. The van der Waals surface area contributed by atoms with E-state index in [2.05, 4.69) is 15.9 Å². The van der Waals surface area contributed by atoms with Crippen molar-refractivity contribution in [3.05, 3.63) is 64.6 Å². The van der Waals surface area contributed by atoms with Gasteiger partial charge in [-0.15, -0.1) is 0 Å². The Morgan fingerprint density at radius 1 is 1.10 bits per heavy atom. The average Bonchev–Trinajstić information content (AvgIpc) is 2.78. The van der Waals surface area contributed by atoms with E-state index in [1.165, 1.54) is 11.8 Å². The molecule has 0 aliphatic carbocycles. The van der Waals surface area contributed by atoms with Crippen LogP contribution in [0.3, 0.4) is 0 Å². The van der Waals surface area contributed by atoms with Gasteiger partial charge in [0.05, 0.1) is 5.75 Å². The van der Waals surface area contributed by atoms with Gasteiger partial charge in [0.2, 0.25) is 0 Å². The van der Waals surface area contributed by atoms with E-state index in [1.54, 1.807) is 0 Å². The molecular formula is C15H12BrNOS2. The highest BCUT2D eigenvalue weighted by Gasteiger charge is 2.44. The van der Waals surface area contributed by atoms with Crippen molar-refractivity contribution in [3.8, 4) is 0 Å². The first-order valence-electron chi connectivity index (χ1n) is 6.12. The molecule has 2 aromatic carbocycles. The molecule has 1 saturated heterocycles. The minimum Gasteiger partial charge on any atom is -0.366 e. The normalized spacial score (nSPS) is 22.3. The van der Waals surface area contributed by atoms with Crippen LogP contribution in [-0.2, 0) is 5.72 Å². The van der Waals surface area contributed by atoms with Gasteiger partial charge in [-0.1, -0.05) is 70.2 Å². The number of thiocarbonyl (C=S) groups is 1. The summed E-state index contributed by atoms with van der Waals surface area (Å²) in [4.78, 5) is 1.83. The molecule has 1 atom stereocenters. The van der Waals surface area contributed by atoms with Crippen molar-refractivity contribution in [2.75, 3.05) is 10.7 Å². The Labute approximate surface area is 135 Å². The van der Waals surface area contributed by atoms with E-state index < -0.39 is 5.72 Å². The Hall–Kier alpha value is -0.880. The van der Waals surface area contributed by atoms with Crippen LogP contribution >= 0.6 is 39.9 Å². The molecule has 1 fully saturated rings. The molecule has 0 amide bonds. The molecule has 0 radical (unpaired) electrons. The van der Waals surface area contributed by atoms with Gasteiger partial charge in [-0.3, -0.25) is 4.90 Å². The Morgan fingerprint density at radius 3 is 2.40 bits per heavy atom. The fourth-order valence-electron chi connectivity index (χ4n) is 2.27. The van der Waals surface area contributed by atoms with Gasteiger partial charge in [-0.2, -0.15) is 0 Å². The summed E-state index contributed by atoms with van der Waals surface area (Å²) in [5.41, 5.74) is 0.668. The first kappa shape index (κ1) is 14.1. The summed E-state index contributed by atoms with van der Waals surface area (Å²) in [5, 5.41) is 11.1. The van der Waals surface area contributed by atoms with Crippen molar-refractivity contribution in [2.45, 2.75) is 5.72 Å². The number of hydrogen-bond donors (Lipinski definition) is 1. The Kier molecular flexibility index (Phi) is 3.86. The zero-order valence-corrected chi connectivity index (χ0v) is 13.7. The van der Waals surface area contributed by atoms with E-state index in [-0.39, 0.29) is 0 Å². The van der Waals surface area contributed by atoms with Gasteiger partial charge in [0.1, 0.15) is 4.32 Å². The Morgan fingerprint density at radius 2 is 1.75 bits per heavy atom. The third-order valence-corrected chi connectivity index (χ3v) is 5.31. The maximum absolute atomic E-state index is 11.1. The molecule has 20 heavy (non-hydrogen) atoms. The number of benzene rings is 2. The standard InChI is InChI=1S/C15H12BrNOS2/c16-12-6-8-13(9-7-12)17-14(19)20-10-15(17,18)11-4-2-1-3-5-11/h1-9,18H,10H2. The predicted molar refractivity (Wildman–Crippen MR) is 92.0 cm³/mol. The van der Waals surface area contributed by atoms with Crippen LogP contribution in [0.4, 0.5) is 5.69 Å². The van der Waals surface area contributed by atoms with E-state index in [0.29, 0.717) is 10.1 Å². The highest BCUT2D eigenvalue weighted by atomic mass is 79.9. The topological polar surface area (TPSA) is 23.5 Å². The fourth-order valence-corrected chi connectivity index (χ4v) is 3.97. The van der Waals surface area contributed by atoms with Crippen LogP contribution in [0.2, 0.25) is 0 Å². The van der Waals surface area contributed by atoms with Crippen molar-refractivity contribution in [3.63, 3.8) is 0 Å². The minimum atomic E-state index is -1.09. The smallest absolute Gasteiger partial charge is 0.179 e. The second-order valence-electron chi connectivity index (χ2n) is 4.55. The van der Waals surface area contributed by atoms with E-state index in [4.69, 9.17) is 12.2 Å². The van der Waals surface area contributed by atoms with Gasteiger partial charge in [-0.25, -0.2) is 0 Å². The lowest BCUT2D eigenvalue weighted by molar-refractivity contribution is 0.0772. The fraction of sp³-hybridized carbons (Fsp3) is 0.133.